The summed E-state index contributed by atoms with van der Waals surface area (Å²) in [5.41, 5.74) is -10.7. The number of alkyl halides is 16. The van der Waals surface area contributed by atoms with Crippen molar-refractivity contribution in [2.24, 2.45) is 0 Å². The van der Waals surface area contributed by atoms with Crippen molar-refractivity contribution in [2.45, 2.75) is 47.4 Å². The SMILES string of the molecule is FC1(F)c2cc3c(cc2C(F)(F)C(F)(F)C1(F)F)-n1c2ccccc2c2c(-c4ccccc4)c4c5ccccc5n5c4c(c21)B3c1cc2c(cc1-5)C(F)(F)C(F)(F)C(F)(F)C2(F)F. The van der Waals surface area contributed by atoms with Crippen LogP contribution in [0.3, 0.4) is 0 Å². The van der Waals surface area contributed by atoms with Crippen molar-refractivity contribution in [3.63, 3.8) is 0 Å². The Morgan fingerprint density at radius 3 is 1.10 bits per heavy atom. The van der Waals surface area contributed by atoms with Crippen molar-refractivity contribution in [3.05, 3.63) is 125 Å². The van der Waals surface area contributed by atoms with E-state index in [9.17, 15) is 0 Å². The smallest absolute Gasteiger partial charge is 0.310 e. The van der Waals surface area contributed by atoms with Crippen molar-refractivity contribution in [1.29, 1.82) is 0 Å². The fraction of sp³-hybridized carbons (Fsp3) is 0.182. The van der Waals surface area contributed by atoms with Crippen LogP contribution in [0.2, 0.25) is 0 Å². The first-order chi connectivity index (χ1) is 29.4. The van der Waals surface area contributed by atoms with Crippen LogP contribution in [0.25, 0.3) is 66.1 Å². The first-order valence-electron chi connectivity index (χ1n) is 18.9. The first-order valence-corrected chi connectivity index (χ1v) is 18.9. The van der Waals surface area contributed by atoms with Crippen molar-refractivity contribution < 1.29 is 70.2 Å². The van der Waals surface area contributed by atoms with E-state index in [1.54, 1.807) is 54.6 Å². The zero-order chi connectivity index (χ0) is 44.7. The van der Waals surface area contributed by atoms with Crippen LogP contribution in [0.5, 0.6) is 0 Å². The Balaban J connectivity index is 1.37. The minimum atomic E-state index is -6.73. The fourth-order valence-corrected chi connectivity index (χ4v) is 10.4. The van der Waals surface area contributed by atoms with Gasteiger partial charge in [0.1, 0.15) is 0 Å². The van der Waals surface area contributed by atoms with Gasteiger partial charge in [-0.25, -0.2) is 0 Å². The average Bonchev–Trinajstić information content (AvgIpc) is 3.77. The number of nitrogens with zero attached hydrogens (tertiary/aromatic N) is 2. The zero-order valence-corrected chi connectivity index (χ0v) is 30.8. The Hall–Kier alpha value is -6.14. The predicted molar refractivity (Wildman–Crippen MR) is 201 cm³/mol. The molecule has 0 amide bonds. The highest BCUT2D eigenvalue weighted by Crippen LogP contribution is 2.67. The molecule has 2 nitrogen and oxygen atoms in total. The van der Waals surface area contributed by atoms with Crippen molar-refractivity contribution in [3.8, 4) is 22.5 Å². The lowest BCUT2D eigenvalue weighted by Gasteiger charge is -2.45. The van der Waals surface area contributed by atoms with Crippen molar-refractivity contribution in [2.75, 3.05) is 0 Å². The Kier molecular flexibility index (Phi) is 6.60. The van der Waals surface area contributed by atoms with Gasteiger partial charge in [0.15, 0.2) is 0 Å². The van der Waals surface area contributed by atoms with Gasteiger partial charge >= 0.3 is 47.4 Å². The maximum Gasteiger partial charge on any atom is 0.382 e. The maximum absolute atomic E-state index is 15.9. The highest BCUT2D eigenvalue weighted by Gasteiger charge is 2.86. The molecule has 12 rings (SSSR count). The average molecular weight is 888 g/mol. The molecule has 0 fully saturated rings. The molecule has 4 aliphatic rings. The van der Waals surface area contributed by atoms with Gasteiger partial charge < -0.3 is 9.13 Å². The molecule has 0 saturated carbocycles. The number of para-hydroxylation sites is 2. The Morgan fingerprint density at radius 1 is 0.381 bits per heavy atom. The lowest BCUT2D eigenvalue weighted by molar-refractivity contribution is -0.386. The largest absolute Gasteiger partial charge is 0.382 e. The minimum Gasteiger partial charge on any atom is -0.310 e. The van der Waals surface area contributed by atoms with E-state index >= 15 is 70.2 Å². The molecular weight excluding hydrogens is 871 g/mol. The van der Waals surface area contributed by atoms with E-state index < -0.39 is 98.6 Å². The van der Waals surface area contributed by atoms with Crippen LogP contribution >= 0.6 is 0 Å². The second-order valence-corrected chi connectivity index (χ2v) is 16.2. The Labute approximate surface area is 341 Å². The molecule has 0 atom stereocenters. The molecule has 0 spiro atoms. The standard InChI is InChI=1S/C44H17BF16N2/c46-37(47)21-14-25-29(16-23(21)39(50,51)43(58,59)41(37,54)55)62-27-12-6-4-10-19(27)32-31(18-8-2-1-3-9-18)33-20-11-5-7-13-28(20)63-30-17-24-22(15-26(30)45(25)34(35(32)62)36(33)63)38(48,49)42(56,57)44(60,61)40(24,52)53/h1-17H. The highest BCUT2D eigenvalue weighted by atomic mass is 19.4. The van der Waals surface area contributed by atoms with E-state index in [2.05, 4.69) is 0 Å². The van der Waals surface area contributed by atoms with E-state index in [1.165, 1.54) is 33.4 Å². The molecule has 0 saturated heterocycles. The predicted octanol–water partition coefficient (Wildman–Crippen LogP) is 11.6. The van der Waals surface area contributed by atoms with Crippen LogP contribution in [0.4, 0.5) is 70.2 Å². The fourth-order valence-electron chi connectivity index (χ4n) is 10.4. The van der Waals surface area contributed by atoms with Gasteiger partial charge in [-0.15, -0.1) is 0 Å². The molecule has 2 aromatic heterocycles. The van der Waals surface area contributed by atoms with Crippen LogP contribution in [-0.4, -0.2) is 39.5 Å². The van der Waals surface area contributed by atoms with Gasteiger partial charge in [0.05, 0.1) is 22.1 Å². The second-order valence-electron chi connectivity index (χ2n) is 16.2. The molecule has 63 heavy (non-hydrogen) atoms. The summed E-state index contributed by atoms with van der Waals surface area (Å²) in [6.07, 6.45) is 0. The normalized spacial score (nSPS) is 21.7. The first kappa shape index (κ1) is 38.5. The van der Waals surface area contributed by atoms with Gasteiger partial charge in [-0.3, -0.25) is 0 Å². The quantitative estimate of drug-likeness (QED) is 0.115. The number of aromatic nitrogens is 2. The van der Waals surface area contributed by atoms with E-state index in [0.29, 0.717) is 21.9 Å². The highest BCUT2D eigenvalue weighted by molar-refractivity contribution is 7.00. The number of rotatable bonds is 1. The van der Waals surface area contributed by atoms with Crippen molar-refractivity contribution >= 4 is 66.7 Å². The van der Waals surface area contributed by atoms with Gasteiger partial charge in [0, 0.05) is 60.7 Å². The molecule has 0 N–H and O–H groups in total. The lowest BCUT2D eigenvalue weighted by Crippen LogP contribution is -2.66. The molecule has 19 heteroatoms. The summed E-state index contributed by atoms with van der Waals surface area (Å²) in [4.78, 5) is 0. The summed E-state index contributed by atoms with van der Waals surface area (Å²) >= 11 is 0. The zero-order valence-electron chi connectivity index (χ0n) is 30.8. The van der Waals surface area contributed by atoms with Crippen LogP contribution in [-0.2, 0) is 23.7 Å². The summed E-state index contributed by atoms with van der Waals surface area (Å²) < 4.78 is 250. The van der Waals surface area contributed by atoms with Gasteiger partial charge in [-0.1, -0.05) is 78.9 Å². The molecule has 318 valence electrons. The number of hydrogen-bond donors (Lipinski definition) is 0. The summed E-state index contributed by atoms with van der Waals surface area (Å²) in [7, 11) is 0. The van der Waals surface area contributed by atoms with Crippen LogP contribution in [0.1, 0.15) is 22.3 Å². The monoisotopic (exact) mass is 888 g/mol. The number of halogens is 16. The number of benzene rings is 6. The summed E-state index contributed by atoms with van der Waals surface area (Å²) in [5.74, 6) is -50.9. The van der Waals surface area contributed by atoms with Crippen molar-refractivity contribution in [1.82, 2.24) is 9.13 Å². The Morgan fingerprint density at radius 2 is 0.714 bits per heavy atom. The molecule has 2 aliphatic heterocycles. The summed E-state index contributed by atoms with van der Waals surface area (Å²) in [5, 5.41) is 1.22. The summed E-state index contributed by atoms with van der Waals surface area (Å²) in [6, 6.07) is 21.0. The number of hydrogen-bond acceptors (Lipinski definition) is 0. The Bertz CT molecular complexity index is 3240. The van der Waals surface area contributed by atoms with Crippen LogP contribution in [0, 0.1) is 0 Å². The topological polar surface area (TPSA) is 9.86 Å². The molecule has 6 aromatic carbocycles. The van der Waals surface area contributed by atoms with Gasteiger partial charge in [0.2, 0.25) is 0 Å². The molecule has 2 aliphatic carbocycles. The summed E-state index contributed by atoms with van der Waals surface area (Å²) in [6.45, 7) is -1.98. The third-order valence-electron chi connectivity index (χ3n) is 13.3. The maximum atomic E-state index is 15.9. The molecule has 0 unspecified atom stereocenters. The van der Waals surface area contributed by atoms with E-state index in [-0.39, 0.29) is 62.6 Å². The third-order valence-corrected chi connectivity index (χ3v) is 13.3. The van der Waals surface area contributed by atoms with Gasteiger partial charge in [-0.05, 0) is 46.2 Å². The van der Waals surface area contributed by atoms with Gasteiger partial charge in [0.25, 0.3) is 6.71 Å². The van der Waals surface area contributed by atoms with E-state index in [1.807, 2.05) is 0 Å². The molecule has 4 heterocycles. The second kappa shape index (κ2) is 10.8. The van der Waals surface area contributed by atoms with Crippen LogP contribution < -0.4 is 16.4 Å². The number of fused-ring (bicyclic) bond motifs is 14. The minimum absolute atomic E-state index is 0.00404. The third kappa shape index (κ3) is 3.82. The van der Waals surface area contributed by atoms with E-state index in [0.717, 1.165) is 0 Å². The van der Waals surface area contributed by atoms with Gasteiger partial charge in [-0.2, -0.15) is 70.2 Å². The molecule has 0 radical (unpaired) electrons. The lowest BCUT2D eigenvalue weighted by atomic mass is 9.33. The molecular formula is C44H17BF16N2. The van der Waals surface area contributed by atoms with E-state index in [4.69, 9.17) is 0 Å². The van der Waals surface area contributed by atoms with Crippen LogP contribution in [0.15, 0.2) is 103 Å². The molecule has 8 aromatic rings. The molecule has 0 bridgehead atoms.